The highest BCUT2D eigenvalue weighted by atomic mass is 16.2. The van der Waals surface area contributed by atoms with E-state index in [1.165, 1.54) is 0 Å². The van der Waals surface area contributed by atoms with Gasteiger partial charge in [0.25, 0.3) is 5.91 Å². The van der Waals surface area contributed by atoms with E-state index in [-0.39, 0.29) is 18.0 Å². The van der Waals surface area contributed by atoms with Crippen molar-refractivity contribution in [3.63, 3.8) is 0 Å². The number of hydrogen-bond donors (Lipinski definition) is 0. The van der Waals surface area contributed by atoms with E-state index < -0.39 is 0 Å². The normalized spacial score (nSPS) is 14.1. The highest BCUT2D eigenvalue weighted by Gasteiger charge is 2.25. The zero-order valence-corrected chi connectivity index (χ0v) is 13.4. The molecule has 0 saturated heterocycles. The van der Waals surface area contributed by atoms with Gasteiger partial charge in [-0.1, -0.05) is 19.1 Å². The van der Waals surface area contributed by atoms with E-state index in [0.717, 1.165) is 12.8 Å². The van der Waals surface area contributed by atoms with Crippen molar-refractivity contribution in [2.24, 2.45) is 7.05 Å². The van der Waals surface area contributed by atoms with E-state index in [9.17, 15) is 4.79 Å². The number of hydrogen-bond acceptors (Lipinski definition) is 4. The van der Waals surface area contributed by atoms with Gasteiger partial charge < -0.3 is 4.90 Å². The first-order valence-electron chi connectivity index (χ1n) is 7.47. The molecule has 114 valence electrons. The Balaban J connectivity index is 2.37. The number of nitrogens with zero attached hydrogens (tertiary/aromatic N) is 5. The van der Waals surface area contributed by atoms with Gasteiger partial charge in [0.2, 0.25) is 0 Å². The Labute approximate surface area is 125 Å². The third-order valence-electron chi connectivity index (χ3n) is 4.05. The van der Waals surface area contributed by atoms with Crippen LogP contribution in [0.1, 0.15) is 50.9 Å². The highest BCUT2D eigenvalue weighted by Crippen LogP contribution is 2.18. The molecule has 1 amide bonds. The van der Waals surface area contributed by atoms with Gasteiger partial charge in [0.05, 0.1) is 5.56 Å². The fourth-order valence-corrected chi connectivity index (χ4v) is 2.42. The molecule has 0 aromatic carbocycles. The van der Waals surface area contributed by atoms with Crippen molar-refractivity contribution in [2.45, 2.75) is 52.6 Å². The summed E-state index contributed by atoms with van der Waals surface area (Å²) >= 11 is 0. The van der Waals surface area contributed by atoms with Gasteiger partial charge in [0.15, 0.2) is 5.65 Å². The molecule has 0 radical (unpaired) electrons. The largest absolute Gasteiger partial charge is 0.333 e. The van der Waals surface area contributed by atoms with Gasteiger partial charge in [-0.15, -0.1) is 5.10 Å². The van der Waals surface area contributed by atoms with Crippen LogP contribution in [0.4, 0.5) is 0 Å². The van der Waals surface area contributed by atoms with Gasteiger partial charge in [0, 0.05) is 25.3 Å². The molecule has 0 unspecified atom stereocenters. The number of carbonyl (C=O) groups is 1. The van der Waals surface area contributed by atoms with Crippen LogP contribution >= 0.6 is 0 Å². The van der Waals surface area contributed by atoms with Crippen LogP contribution in [-0.2, 0) is 7.05 Å². The first-order chi connectivity index (χ1) is 9.99. The summed E-state index contributed by atoms with van der Waals surface area (Å²) in [6.07, 6.45) is 3.47. The van der Waals surface area contributed by atoms with Gasteiger partial charge >= 0.3 is 0 Å². The van der Waals surface area contributed by atoms with Crippen molar-refractivity contribution in [1.82, 2.24) is 24.9 Å². The SMILES string of the molecule is CC[C@@H](C)N(C(=O)c1cnc2c(c1)nnn2C)[C@H](C)CC. The third kappa shape index (κ3) is 2.89. The summed E-state index contributed by atoms with van der Waals surface area (Å²) in [5.41, 5.74) is 1.91. The van der Waals surface area contributed by atoms with Gasteiger partial charge in [-0.05, 0) is 32.8 Å². The quantitative estimate of drug-likeness (QED) is 0.848. The van der Waals surface area contributed by atoms with Gasteiger partial charge in [0.1, 0.15) is 5.52 Å². The number of carbonyl (C=O) groups excluding carboxylic acids is 1. The molecule has 6 nitrogen and oxygen atoms in total. The molecular weight excluding hydrogens is 266 g/mol. The summed E-state index contributed by atoms with van der Waals surface area (Å²) in [5, 5.41) is 7.95. The van der Waals surface area contributed by atoms with Crippen molar-refractivity contribution in [3.05, 3.63) is 17.8 Å². The van der Waals surface area contributed by atoms with Gasteiger partial charge in [-0.3, -0.25) is 4.79 Å². The topological polar surface area (TPSA) is 63.9 Å². The molecule has 6 heteroatoms. The summed E-state index contributed by atoms with van der Waals surface area (Å²) < 4.78 is 1.60. The molecule has 2 heterocycles. The zero-order chi connectivity index (χ0) is 15.6. The molecule has 0 aliphatic rings. The Bertz CT molecular complexity index is 626. The van der Waals surface area contributed by atoms with E-state index >= 15 is 0 Å². The molecule has 21 heavy (non-hydrogen) atoms. The Morgan fingerprint density at radius 1 is 1.29 bits per heavy atom. The van der Waals surface area contributed by atoms with Crippen molar-refractivity contribution in [1.29, 1.82) is 0 Å². The fraction of sp³-hybridized carbons (Fsp3) is 0.600. The lowest BCUT2D eigenvalue weighted by Crippen LogP contribution is -2.44. The number of rotatable bonds is 5. The molecule has 2 atom stereocenters. The highest BCUT2D eigenvalue weighted by molar-refractivity contribution is 5.96. The standard InChI is InChI=1S/C15H23N5O/c1-6-10(3)20(11(4)7-2)15(21)12-8-13-14(16-9-12)19(5)18-17-13/h8-11H,6-7H2,1-5H3/t10-,11-/m1/s1. The zero-order valence-electron chi connectivity index (χ0n) is 13.4. The van der Waals surface area contributed by atoms with E-state index in [1.54, 1.807) is 24.0 Å². The molecule has 0 aliphatic heterocycles. The molecule has 2 rings (SSSR count). The number of aromatic nitrogens is 4. The maximum atomic E-state index is 12.8. The first-order valence-corrected chi connectivity index (χ1v) is 7.47. The maximum absolute atomic E-state index is 12.8. The molecule has 0 saturated carbocycles. The summed E-state index contributed by atoms with van der Waals surface area (Å²) in [6.45, 7) is 8.35. The lowest BCUT2D eigenvalue weighted by molar-refractivity contribution is 0.0598. The van der Waals surface area contributed by atoms with Crippen LogP contribution in [-0.4, -0.2) is 42.9 Å². The summed E-state index contributed by atoms with van der Waals surface area (Å²) in [7, 11) is 1.79. The number of aryl methyl sites for hydroxylation is 1. The predicted octanol–water partition coefficient (Wildman–Crippen LogP) is 2.40. The van der Waals surface area contributed by atoms with Crippen LogP contribution in [0.25, 0.3) is 11.2 Å². The molecule has 0 N–H and O–H groups in total. The Morgan fingerprint density at radius 2 is 1.90 bits per heavy atom. The van der Waals surface area contributed by atoms with Crippen molar-refractivity contribution < 1.29 is 4.79 Å². The Morgan fingerprint density at radius 3 is 2.48 bits per heavy atom. The lowest BCUT2D eigenvalue weighted by Gasteiger charge is -2.34. The van der Waals surface area contributed by atoms with Gasteiger partial charge in [-0.2, -0.15) is 0 Å². The molecule has 2 aromatic heterocycles. The van der Waals surface area contributed by atoms with Crippen LogP contribution in [0.3, 0.4) is 0 Å². The summed E-state index contributed by atoms with van der Waals surface area (Å²) in [5.74, 6) is 0.0127. The summed E-state index contributed by atoms with van der Waals surface area (Å²) in [4.78, 5) is 19.1. The second kappa shape index (κ2) is 6.20. The monoisotopic (exact) mass is 289 g/mol. The van der Waals surface area contributed by atoms with Crippen molar-refractivity contribution in [3.8, 4) is 0 Å². The molecule has 0 aliphatic carbocycles. The van der Waals surface area contributed by atoms with Crippen LogP contribution in [0.2, 0.25) is 0 Å². The molecule has 2 aromatic rings. The molecule has 0 fully saturated rings. The number of pyridine rings is 1. The van der Waals surface area contributed by atoms with E-state index in [0.29, 0.717) is 16.7 Å². The van der Waals surface area contributed by atoms with Crippen molar-refractivity contribution in [2.75, 3.05) is 0 Å². The average Bonchev–Trinajstić information content (AvgIpc) is 2.87. The van der Waals surface area contributed by atoms with Gasteiger partial charge in [-0.25, -0.2) is 9.67 Å². The minimum absolute atomic E-state index is 0.0127. The first kappa shape index (κ1) is 15.4. The third-order valence-corrected chi connectivity index (χ3v) is 4.05. The second-order valence-electron chi connectivity index (χ2n) is 5.51. The lowest BCUT2D eigenvalue weighted by atomic mass is 10.1. The van der Waals surface area contributed by atoms with Crippen LogP contribution in [0.15, 0.2) is 12.3 Å². The predicted molar refractivity (Wildman–Crippen MR) is 82.0 cm³/mol. The van der Waals surface area contributed by atoms with E-state index in [4.69, 9.17) is 0 Å². The van der Waals surface area contributed by atoms with Crippen molar-refractivity contribution >= 4 is 17.1 Å². The van der Waals surface area contributed by atoms with Crippen LogP contribution in [0, 0.1) is 0 Å². The molecular formula is C15H23N5O. The second-order valence-corrected chi connectivity index (χ2v) is 5.51. The summed E-state index contributed by atoms with van der Waals surface area (Å²) in [6, 6.07) is 2.17. The Kier molecular flexibility index (Phi) is 4.55. The minimum Gasteiger partial charge on any atom is -0.333 e. The maximum Gasteiger partial charge on any atom is 0.255 e. The van der Waals surface area contributed by atoms with Crippen LogP contribution < -0.4 is 0 Å². The number of amides is 1. The van der Waals surface area contributed by atoms with E-state index in [2.05, 4.69) is 43.0 Å². The number of fused-ring (bicyclic) bond motifs is 1. The molecule has 0 bridgehead atoms. The average molecular weight is 289 g/mol. The Hall–Kier alpha value is -1.98. The minimum atomic E-state index is 0.0127. The molecule has 0 spiro atoms. The van der Waals surface area contributed by atoms with E-state index in [1.807, 2.05) is 4.90 Å². The fourth-order valence-electron chi connectivity index (χ4n) is 2.42. The smallest absolute Gasteiger partial charge is 0.255 e. The van der Waals surface area contributed by atoms with Crippen LogP contribution in [0.5, 0.6) is 0 Å².